The van der Waals surface area contributed by atoms with Gasteiger partial charge in [-0.25, -0.2) is 9.13 Å². The number of thioether (sulfide) groups is 1. The highest BCUT2D eigenvalue weighted by atomic mass is 32.2. The molecule has 0 bridgehead atoms. The van der Waals surface area contributed by atoms with E-state index in [0.29, 0.717) is 19.3 Å². The minimum Gasteiger partial charge on any atom is -0.462 e. The summed E-state index contributed by atoms with van der Waals surface area (Å²) in [6.45, 7) is 2.86. The number of esters is 2. The second kappa shape index (κ2) is 35.2. The average molecular weight is 951 g/mol. The predicted octanol–water partition coefficient (Wildman–Crippen LogP) is 7.71. The Labute approximate surface area is 374 Å². The van der Waals surface area contributed by atoms with E-state index >= 15 is 0 Å². The first-order chi connectivity index (χ1) is 29.5. The molecular weight excluding hydrogens is 870 g/mol. The summed E-state index contributed by atoms with van der Waals surface area (Å²) in [5.74, 6) is -0.337. The molecule has 1 rings (SSSR count). The molecule has 0 aliphatic heterocycles. The summed E-state index contributed by atoms with van der Waals surface area (Å²) in [6, 6.07) is 0. The van der Waals surface area contributed by atoms with Gasteiger partial charge >= 0.3 is 27.6 Å². The van der Waals surface area contributed by atoms with E-state index in [0.717, 1.165) is 95.6 Å². The molecule has 8 atom stereocenters. The molecule has 0 amide bonds. The minimum atomic E-state index is -5.36. The molecule has 1 fully saturated rings. The van der Waals surface area contributed by atoms with Crippen molar-refractivity contribution in [3.63, 3.8) is 0 Å². The maximum absolute atomic E-state index is 13.0. The molecule has 17 nitrogen and oxygen atoms in total. The first-order valence-electron chi connectivity index (χ1n) is 23.1. The molecule has 20 heteroatoms. The number of hydrogen-bond donors (Lipinski definition) is 7. The zero-order valence-corrected chi connectivity index (χ0v) is 39.9. The molecule has 4 unspecified atom stereocenters. The summed E-state index contributed by atoms with van der Waals surface area (Å²) in [5.41, 5.74) is 0. The van der Waals surface area contributed by atoms with Crippen LogP contribution >= 0.6 is 27.4 Å². The molecule has 0 heterocycles. The molecule has 0 aromatic rings. The van der Waals surface area contributed by atoms with Gasteiger partial charge in [-0.05, 0) is 25.7 Å². The Balaban J connectivity index is 2.58. The van der Waals surface area contributed by atoms with E-state index in [1.807, 2.05) is 6.92 Å². The summed E-state index contributed by atoms with van der Waals surface area (Å²) in [6.07, 6.45) is 11.5. The normalized spacial score (nSPS) is 22.0. The number of carbonyl (C=O) groups excluding carboxylic acids is 3. The lowest BCUT2D eigenvalue weighted by molar-refractivity contribution is -0.216. The second-order valence-corrected chi connectivity index (χ2v) is 20.2. The largest absolute Gasteiger partial charge is 0.472 e. The van der Waals surface area contributed by atoms with Crippen molar-refractivity contribution in [3.05, 3.63) is 0 Å². The maximum atomic E-state index is 13.0. The van der Waals surface area contributed by atoms with Crippen molar-refractivity contribution in [1.82, 2.24) is 0 Å². The first kappa shape index (κ1) is 59.0. The average Bonchev–Trinajstić information content (AvgIpc) is 3.21. The fourth-order valence-corrected chi connectivity index (χ4v) is 9.57. The van der Waals surface area contributed by atoms with Gasteiger partial charge in [-0.15, -0.1) is 0 Å². The quantitative estimate of drug-likeness (QED) is 0.0176. The second-order valence-electron chi connectivity index (χ2n) is 16.4. The number of carbonyl (C=O) groups is 3. The molecule has 366 valence electrons. The summed E-state index contributed by atoms with van der Waals surface area (Å²) >= 11 is 1.44. The predicted molar refractivity (Wildman–Crippen MR) is 236 cm³/mol. The van der Waals surface area contributed by atoms with E-state index in [1.165, 1.54) is 63.1 Å². The number of ether oxygens (including phenoxy) is 2. The lowest BCUT2D eigenvalue weighted by atomic mass is 9.85. The SMILES string of the molecule is CCCCCCCCCCCCCCCC(=O)O[C@H](COC(=O)CCCCCCCCCCCCSC(=O)CCC)COP(=O)(O)OC1C(O)[C@@H](O)C(O)[C@@H](OP(=O)(O)O)[C@H]1O. The molecule has 1 aliphatic rings. The number of phosphoric acid groups is 2. The van der Waals surface area contributed by atoms with Crippen LogP contribution in [-0.2, 0) is 46.6 Å². The Morgan fingerprint density at radius 1 is 0.516 bits per heavy atom. The van der Waals surface area contributed by atoms with E-state index in [9.17, 15) is 48.8 Å². The first-order valence-corrected chi connectivity index (χ1v) is 27.1. The van der Waals surface area contributed by atoms with Gasteiger partial charge < -0.3 is 44.6 Å². The van der Waals surface area contributed by atoms with Gasteiger partial charge in [0.2, 0.25) is 0 Å². The molecule has 0 radical (unpaired) electrons. The van der Waals surface area contributed by atoms with E-state index in [2.05, 4.69) is 11.4 Å². The topological polar surface area (TPSA) is 273 Å². The highest BCUT2D eigenvalue weighted by Gasteiger charge is 2.54. The molecule has 0 spiro atoms. The highest BCUT2D eigenvalue weighted by molar-refractivity contribution is 8.13. The van der Waals surface area contributed by atoms with Crippen LogP contribution < -0.4 is 0 Å². The summed E-state index contributed by atoms with van der Waals surface area (Å²) in [5, 5.41) is 41.5. The van der Waals surface area contributed by atoms with Crippen LogP contribution in [0.4, 0.5) is 0 Å². The Morgan fingerprint density at radius 2 is 0.952 bits per heavy atom. The number of phosphoric ester groups is 2. The summed E-state index contributed by atoms with van der Waals surface area (Å²) in [7, 11) is -10.7. The Morgan fingerprint density at radius 3 is 1.42 bits per heavy atom. The number of unbranched alkanes of at least 4 members (excludes halogenated alkanes) is 21. The van der Waals surface area contributed by atoms with E-state index in [4.69, 9.17) is 28.3 Å². The third kappa shape index (κ3) is 29.5. The molecule has 0 aromatic heterocycles. The van der Waals surface area contributed by atoms with Gasteiger partial charge in [0.1, 0.15) is 43.2 Å². The molecule has 1 aliphatic carbocycles. The molecule has 0 aromatic carbocycles. The zero-order valence-electron chi connectivity index (χ0n) is 37.3. The highest BCUT2D eigenvalue weighted by Crippen LogP contribution is 2.49. The Bertz CT molecular complexity index is 1290. The van der Waals surface area contributed by atoms with Crippen molar-refractivity contribution >= 4 is 44.5 Å². The van der Waals surface area contributed by atoms with Crippen LogP contribution in [0.15, 0.2) is 0 Å². The lowest BCUT2D eigenvalue weighted by Gasteiger charge is -2.43. The fraction of sp³-hybridized carbons (Fsp3) is 0.929. The minimum absolute atomic E-state index is 0.0393. The Hall–Kier alpha value is -0.980. The van der Waals surface area contributed by atoms with Crippen LogP contribution in [-0.4, -0.2) is 114 Å². The van der Waals surface area contributed by atoms with Gasteiger partial charge in [-0.3, -0.25) is 28.0 Å². The van der Waals surface area contributed by atoms with Crippen LogP contribution in [0.5, 0.6) is 0 Å². The lowest BCUT2D eigenvalue weighted by Crippen LogP contribution is -2.64. The van der Waals surface area contributed by atoms with Crippen molar-refractivity contribution in [3.8, 4) is 0 Å². The van der Waals surface area contributed by atoms with Crippen molar-refractivity contribution in [2.75, 3.05) is 19.0 Å². The maximum Gasteiger partial charge on any atom is 0.472 e. The Kier molecular flexibility index (Phi) is 33.6. The van der Waals surface area contributed by atoms with Gasteiger partial charge in [0, 0.05) is 25.0 Å². The molecule has 1 saturated carbocycles. The number of rotatable bonds is 39. The van der Waals surface area contributed by atoms with Crippen LogP contribution in [0.1, 0.15) is 187 Å². The zero-order chi connectivity index (χ0) is 46.2. The van der Waals surface area contributed by atoms with Crippen LogP contribution in [0.25, 0.3) is 0 Å². The monoisotopic (exact) mass is 950 g/mol. The van der Waals surface area contributed by atoms with Crippen LogP contribution in [0.2, 0.25) is 0 Å². The van der Waals surface area contributed by atoms with Crippen LogP contribution in [0.3, 0.4) is 0 Å². The summed E-state index contributed by atoms with van der Waals surface area (Å²) in [4.78, 5) is 65.8. The van der Waals surface area contributed by atoms with Crippen molar-refractivity contribution in [1.29, 1.82) is 0 Å². The fourth-order valence-electron chi connectivity index (χ4n) is 7.11. The third-order valence-corrected chi connectivity index (χ3v) is 13.2. The van der Waals surface area contributed by atoms with Gasteiger partial charge in [-0.2, -0.15) is 0 Å². The van der Waals surface area contributed by atoms with E-state index in [-0.39, 0.29) is 18.0 Å². The summed E-state index contributed by atoms with van der Waals surface area (Å²) < 4.78 is 49.3. The van der Waals surface area contributed by atoms with Crippen molar-refractivity contribution in [2.24, 2.45) is 0 Å². The van der Waals surface area contributed by atoms with Gasteiger partial charge in [0.25, 0.3) is 0 Å². The van der Waals surface area contributed by atoms with Crippen LogP contribution in [0, 0.1) is 0 Å². The number of hydrogen-bond acceptors (Lipinski definition) is 15. The molecule has 62 heavy (non-hydrogen) atoms. The van der Waals surface area contributed by atoms with Crippen molar-refractivity contribution in [2.45, 2.75) is 230 Å². The van der Waals surface area contributed by atoms with Gasteiger partial charge in [0.05, 0.1) is 6.61 Å². The molecular formula is C42H80O17P2S. The van der Waals surface area contributed by atoms with Crippen molar-refractivity contribution < 1.29 is 81.7 Å². The molecule has 0 saturated heterocycles. The third-order valence-electron chi connectivity index (χ3n) is 10.7. The number of aliphatic hydroxyl groups excluding tert-OH is 4. The smallest absolute Gasteiger partial charge is 0.462 e. The van der Waals surface area contributed by atoms with E-state index in [1.54, 1.807) is 0 Å². The van der Waals surface area contributed by atoms with E-state index < -0.39 is 83.5 Å². The van der Waals surface area contributed by atoms with Gasteiger partial charge in [0.15, 0.2) is 11.2 Å². The molecule has 7 N–H and O–H groups in total. The standard InChI is InChI=1S/C42H80O17P2S/c1-3-5-6-7-8-9-10-11-12-16-19-22-25-29-35(44)57-33(31-55-34(43)28-24-21-18-15-13-14-17-20-23-26-30-62-36(45)27-4-2)32-56-61(53,54)59-42-39(48)37(46)38(47)41(40(42)49)58-60(50,51)52/h33,37-42,46-49H,3-32H2,1-2H3,(H,53,54)(H2,50,51,52)/t33-,37+,38?,39?,40-,41-,42?/m1/s1. The number of aliphatic hydroxyl groups is 4. The van der Waals surface area contributed by atoms with Gasteiger partial charge in [-0.1, -0.05) is 154 Å².